The van der Waals surface area contributed by atoms with E-state index in [9.17, 15) is 0 Å². The summed E-state index contributed by atoms with van der Waals surface area (Å²) in [5.41, 5.74) is 12.4. The predicted molar refractivity (Wildman–Crippen MR) is 209 cm³/mol. The number of hydrogen-bond donors (Lipinski definition) is 0. The van der Waals surface area contributed by atoms with Gasteiger partial charge >= 0.3 is 0 Å². The molecular weight excluding hydrogens is 653 g/mol. The van der Waals surface area contributed by atoms with Crippen LogP contribution in [-0.2, 0) is 0 Å². The van der Waals surface area contributed by atoms with Gasteiger partial charge in [-0.3, -0.25) is 0 Å². The van der Waals surface area contributed by atoms with E-state index in [0.717, 1.165) is 55.3 Å². The molecule has 1 atom stereocenters. The summed E-state index contributed by atoms with van der Waals surface area (Å²) >= 11 is 0. The maximum absolute atomic E-state index is 6.52. The molecular formula is C47H28N4O2. The Labute approximate surface area is 304 Å². The van der Waals surface area contributed by atoms with Crippen molar-refractivity contribution in [3.8, 4) is 56.5 Å². The maximum Gasteiger partial charge on any atom is 0.227 e. The third-order valence-electron chi connectivity index (χ3n) is 10.3. The van der Waals surface area contributed by atoms with E-state index in [4.69, 9.17) is 28.8 Å². The second-order valence-corrected chi connectivity index (χ2v) is 13.3. The average Bonchev–Trinajstić information content (AvgIpc) is 3.93. The molecule has 3 heterocycles. The number of fused-ring (bicyclic) bond motifs is 7. The van der Waals surface area contributed by atoms with Crippen molar-refractivity contribution in [2.24, 2.45) is 0 Å². The minimum atomic E-state index is -0.242. The first-order chi connectivity index (χ1) is 26.3. The summed E-state index contributed by atoms with van der Waals surface area (Å²) in [6.45, 7) is 0. The lowest BCUT2D eigenvalue weighted by molar-refractivity contribution is 0.620. The molecule has 6 heteroatoms. The molecule has 0 fully saturated rings. The molecule has 0 saturated heterocycles. The SMILES string of the molecule is c1ccc(-c2nc3cccc(-c4nc(-c5cccc6c5oc5ccccc56)nc(C5c6ccccc6-c6c(-c7ccccc7)cccc65)n4)c3o2)cc1. The standard InChI is InChI=1S/C47H28N4O2/c1-3-14-28(15-4-1)30-21-11-23-35-40(30)32-19-7-8-20-33(32)41(35)46-50-44(36-24-12-22-34-31-18-9-10-27-39(31)52-42(34)36)49-45(51-46)37-25-13-26-38-43(37)53-47(48-38)29-16-5-2-6-17-29/h1-27,41H. The highest BCUT2D eigenvalue weighted by Gasteiger charge is 2.35. The summed E-state index contributed by atoms with van der Waals surface area (Å²) in [5.74, 6) is 1.98. The van der Waals surface area contributed by atoms with E-state index in [1.807, 2.05) is 78.9 Å². The molecule has 10 aromatic rings. The summed E-state index contributed by atoms with van der Waals surface area (Å²) < 4.78 is 13.0. The lowest BCUT2D eigenvalue weighted by atomic mass is 9.92. The summed E-state index contributed by atoms with van der Waals surface area (Å²) in [7, 11) is 0. The summed E-state index contributed by atoms with van der Waals surface area (Å²) in [6.07, 6.45) is 0. The predicted octanol–water partition coefficient (Wildman–Crippen LogP) is 11.7. The minimum absolute atomic E-state index is 0.242. The van der Waals surface area contributed by atoms with Crippen LogP contribution in [0.15, 0.2) is 173 Å². The molecule has 0 saturated carbocycles. The monoisotopic (exact) mass is 680 g/mol. The molecule has 0 spiro atoms. The summed E-state index contributed by atoms with van der Waals surface area (Å²) in [5, 5.41) is 2.06. The molecule has 0 aliphatic heterocycles. The second kappa shape index (κ2) is 11.7. The Kier molecular flexibility index (Phi) is 6.51. The summed E-state index contributed by atoms with van der Waals surface area (Å²) in [6, 6.07) is 55.8. The zero-order valence-corrected chi connectivity index (χ0v) is 28.3. The van der Waals surface area contributed by atoms with Crippen molar-refractivity contribution in [1.29, 1.82) is 0 Å². The van der Waals surface area contributed by atoms with Gasteiger partial charge in [-0.05, 0) is 69.8 Å². The molecule has 0 bridgehead atoms. The maximum atomic E-state index is 6.52. The van der Waals surface area contributed by atoms with Gasteiger partial charge in [-0.1, -0.05) is 127 Å². The fourth-order valence-corrected chi connectivity index (χ4v) is 7.91. The Hall–Kier alpha value is -7.18. The van der Waals surface area contributed by atoms with E-state index in [0.29, 0.717) is 28.9 Å². The molecule has 7 aromatic carbocycles. The van der Waals surface area contributed by atoms with Crippen molar-refractivity contribution in [3.05, 3.63) is 181 Å². The van der Waals surface area contributed by atoms with Gasteiger partial charge < -0.3 is 8.83 Å². The quantitative estimate of drug-likeness (QED) is 0.180. The molecule has 1 aliphatic carbocycles. The largest absolute Gasteiger partial charge is 0.455 e. The Morgan fingerprint density at radius 2 is 1.00 bits per heavy atom. The number of aromatic nitrogens is 4. The molecule has 1 aliphatic rings. The highest BCUT2D eigenvalue weighted by atomic mass is 16.3. The van der Waals surface area contributed by atoms with Crippen LogP contribution in [0, 0.1) is 0 Å². The van der Waals surface area contributed by atoms with Gasteiger partial charge in [0.1, 0.15) is 22.5 Å². The number of nitrogens with zero attached hydrogens (tertiary/aromatic N) is 4. The summed E-state index contributed by atoms with van der Waals surface area (Å²) in [4.78, 5) is 20.7. The third kappa shape index (κ3) is 4.66. The van der Waals surface area contributed by atoms with Crippen molar-refractivity contribution in [2.45, 2.75) is 5.92 Å². The number of hydrogen-bond acceptors (Lipinski definition) is 6. The van der Waals surface area contributed by atoms with Gasteiger partial charge in [0.25, 0.3) is 0 Å². The van der Waals surface area contributed by atoms with Crippen molar-refractivity contribution >= 4 is 33.0 Å². The molecule has 0 radical (unpaired) electrons. The van der Waals surface area contributed by atoms with Crippen molar-refractivity contribution < 1.29 is 8.83 Å². The smallest absolute Gasteiger partial charge is 0.227 e. The average molecular weight is 681 g/mol. The Balaban J connectivity index is 1.18. The van der Waals surface area contributed by atoms with Crippen molar-refractivity contribution in [2.75, 3.05) is 0 Å². The lowest BCUT2D eigenvalue weighted by Gasteiger charge is -2.16. The highest BCUT2D eigenvalue weighted by Crippen LogP contribution is 2.51. The third-order valence-corrected chi connectivity index (χ3v) is 10.3. The van der Waals surface area contributed by atoms with E-state index < -0.39 is 0 Å². The fraction of sp³-hybridized carbons (Fsp3) is 0.0213. The van der Waals surface area contributed by atoms with E-state index in [1.165, 1.54) is 22.3 Å². The van der Waals surface area contributed by atoms with Crippen LogP contribution in [0.2, 0.25) is 0 Å². The Morgan fingerprint density at radius 1 is 0.396 bits per heavy atom. The number of furan rings is 1. The van der Waals surface area contributed by atoms with Crippen LogP contribution in [0.1, 0.15) is 22.9 Å². The molecule has 0 amide bonds. The van der Waals surface area contributed by atoms with E-state index in [-0.39, 0.29) is 5.92 Å². The van der Waals surface area contributed by atoms with Crippen LogP contribution >= 0.6 is 0 Å². The normalized spacial score (nSPS) is 13.5. The van der Waals surface area contributed by atoms with E-state index in [1.54, 1.807) is 0 Å². The molecule has 248 valence electrons. The lowest BCUT2D eigenvalue weighted by Crippen LogP contribution is -2.09. The molecule has 11 rings (SSSR count). The van der Waals surface area contributed by atoms with Crippen LogP contribution in [0.25, 0.3) is 89.5 Å². The molecule has 6 nitrogen and oxygen atoms in total. The highest BCUT2D eigenvalue weighted by molar-refractivity contribution is 6.09. The van der Waals surface area contributed by atoms with Gasteiger partial charge in [-0.15, -0.1) is 0 Å². The van der Waals surface area contributed by atoms with Gasteiger partial charge in [0.05, 0.1) is 17.0 Å². The van der Waals surface area contributed by atoms with Crippen molar-refractivity contribution in [3.63, 3.8) is 0 Å². The van der Waals surface area contributed by atoms with Crippen molar-refractivity contribution in [1.82, 2.24) is 19.9 Å². The topological polar surface area (TPSA) is 77.8 Å². The van der Waals surface area contributed by atoms with Crippen LogP contribution in [0.4, 0.5) is 0 Å². The zero-order chi connectivity index (χ0) is 34.9. The Bertz CT molecular complexity index is 3020. The van der Waals surface area contributed by atoms with E-state index in [2.05, 4.69) is 84.9 Å². The van der Waals surface area contributed by atoms with Crippen LogP contribution < -0.4 is 0 Å². The van der Waals surface area contributed by atoms with Gasteiger partial charge in [-0.25, -0.2) is 19.9 Å². The second-order valence-electron chi connectivity index (χ2n) is 13.3. The zero-order valence-electron chi connectivity index (χ0n) is 28.3. The van der Waals surface area contributed by atoms with Gasteiger partial charge in [-0.2, -0.15) is 0 Å². The first-order valence-electron chi connectivity index (χ1n) is 17.7. The van der Waals surface area contributed by atoms with Gasteiger partial charge in [0.15, 0.2) is 17.2 Å². The van der Waals surface area contributed by atoms with Gasteiger partial charge in [0, 0.05) is 16.3 Å². The Morgan fingerprint density at radius 3 is 1.83 bits per heavy atom. The number of rotatable bonds is 5. The van der Waals surface area contributed by atoms with Crippen LogP contribution in [0.5, 0.6) is 0 Å². The van der Waals surface area contributed by atoms with Crippen LogP contribution in [-0.4, -0.2) is 19.9 Å². The minimum Gasteiger partial charge on any atom is -0.455 e. The molecule has 3 aromatic heterocycles. The molecule has 1 unspecified atom stereocenters. The van der Waals surface area contributed by atoms with E-state index >= 15 is 0 Å². The number of para-hydroxylation sites is 3. The number of oxazole rings is 1. The molecule has 0 N–H and O–H groups in total. The first-order valence-corrected chi connectivity index (χ1v) is 17.7. The fourth-order valence-electron chi connectivity index (χ4n) is 7.91. The van der Waals surface area contributed by atoms with Gasteiger partial charge in [0.2, 0.25) is 5.89 Å². The number of benzene rings is 7. The first kappa shape index (κ1) is 29.5. The van der Waals surface area contributed by atoms with Crippen LogP contribution in [0.3, 0.4) is 0 Å². The molecule has 53 heavy (non-hydrogen) atoms.